The van der Waals surface area contributed by atoms with Crippen LogP contribution in [0.25, 0.3) is 11.2 Å². The van der Waals surface area contributed by atoms with Crippen LogP contribution in [0.2, 0.25) is 0 Å². The predicted octanol–water partition coefficient (Wildman–Crippen LogP) is 1.06. The fraction of sp³-hybridized carbons (Fsp3) is 0.400. The summed E-state index contributed by atoms with van der Waals surface area (Å²) in [5.74, 6) is 4.08. The van der Waals surface area contributed by atoms with Gasteiger partial charge in [0.1, 0.15) is 11.6 Å². The van der Waals surface area contributed by atoms with Gasteiger partial charge in [0.05, 0.1) is 18.4 Å². The standard InChI is InChI=1S/C25H32N9O6/c1-2-3-4-5-10-25(34-27,23(39)40)11-17(22(37)38)31-20(35)14-6-8-15(9-7-14)28-12-16-13-29-19-18(30-16)21(36)33-24(26)32-19/h6-9,13,17,27-28,34H,2-5,10-12H2,1H3,(H,31,35)(H,37,38)(H,39,40)(H3,26,29,32,33,36). The number of carbonyl (C=O) groups is 3. The van der Waals surface area contributed by atoms with Crippen molar-refractivity contribution >= 4 is 40.6 Å². The number of nitrogens with one attached hydrogen (secondary N) is 5. The number of anilines is 2. The number of nitrogens with zero attached hydrogens (tertiary/aromatic N) is 3. The van der Waals surface area contributed by atoms with Crippen molar-refractivity contribution in [1.82, 2.24) is 36.5 Å². The minimum atomic E-state index is -1.82. The van der Waals surface area contributed by atoms with E-state index in [-0.39, 0.29) is 35.6 Å². The molecule has 2 aromatic heterocycles. The summed E-state index contributed by atoms with van der Waals surface area (Å²) in [6, 6.07) is 4.59. The molecule has 0 saturated carbocycles. The molecule has 0 aliphatic carbocycles. The first-order valence-corrected chi connectivity index (χ1v) is 12.6. The summed E-state index contributed by atoms with van der Waals surface area (Å²) in [6.45, 7) is 2.21. The molecule has 0 aliphatic rings. The molecule has 3 aromatic rings. The first-order chi connectivity index (χ1) is 19.1. The minimum Gasteiger partial charge on any atom is -0.480 e. The molecule has 2 atom stereocenters. The third kappa shape index (κ3) is 7.48. The molecule has 0 spiro atoms. The number of aliphatic carboxylic acids is 2. The number of carboxylic acid groups (broad SMARTS) is 2. The van der Waals surface area contributed by atoms with Crippen LogP contribution in [0.4, 0.5) is 11.6 Å². The molecule has 15 nitrogen and oxygen atoms in total. The van der Waals surface area contributed by atoms with Gasteiger partial charge in [0, 0.05) is 17.7 Å². The Morgan fingerprint density at radius 1 is 1.12 bits per heavy atom. The van der Waals surface area contributed by atoms with Gasteiger partial charge in [-0.2, -0.15) is 10.8 Å². The highest BCUT2D eigenvalue weighted by Gasteiger charge is 2.42. The molecule has 15 heteroatoms. The first kappa shape index (κ1) is 29.9. The average molecular weight is 555 g/mol. The molecule has 9 N–H and O–H groups in total. The highest BCUT2D eigenvalue weighted by Crippen LogP contribution is 2.23. The SMILES string of the molecule is CCCCCCC(CC(NC(=O)c1ccc(NCc2cnc3nc(N)[nH]c(=O)c3n2)cc1)C(=O)O)(N[NH])C(=O)O. The van der Waals surface area contributed by atoms with Crippen LogP contribution in [-0.2, 0) is 16.1 Å². The number of nitrogens with two attached hydrogens (primary N) is 1. The fourth-order valence-corrected chi connectivity index (χ4v) is 4.10. The van der Waals surface area contributed by atoms with Crippen LogP contribution in [0, 0.1) is 0 Å². The third-order valence-corrected chi connectivity index (χ3v) is 6.37. The molecule has 1 aromatic carbocycles. The highest BCUT2D eigenvalue weighted by molar-refractivity contribution is 5.97. The van der Waals surface area contributed by atoms with Crippen molar-refractivity contribution in [2.24, 2.45) is 0 Å². The number of aromatic nitrogens is 4. The number of unbranched alkanes of at least 4 members (excludes halogenated alkanes) is 3. The van der Waals surface area contributed by atoms with Gasteiger partial charge in [-0.3, -0.25) is 19.4 Å². The number of amides is 1. The molecule has 0 aliphatic heterocycles. The second kappa shape index (κ2) is 13.4. The zero-order valence-corrected chi connectivity index (χ0v) is 21.9. The number of hydrogen-bond donors (Lipinski definition) is 7. The monoisotopic (exact) mass is 554 g/mol. The van der Waals surface area contributed by atoms with E-state index in [0.717, 1.165) is 19.3 Å². The number of H-pyrrole nitrogens is 1. The molecular formula is C25H32N9O6. The summed E-state index contributed by atoms with van der Waals surface area (Å²) in [5.41, 5.74) is 6.58. The lowest BCUT2D eigenvalue weighted by molar-refractivity contribution is -0.147. The Labute approximate surface area is 228 Å². The van der Waals surface area contributed by atoms with Crippen LogP contribution < -0.4 is 33.2 Å². The largest absolute Gasteiger partial charge is 0.480 e. The summed E-state index contributed by atoms with van der Waals surface area (Å²) >= 11 is 0. The topological polar surface area (TPSA) is 249 Å². The lowest BCUT2D eigenvalue weighted by Crippen LogP contribution is -2.57. The van der Waals surface area contributed by atoms with Crippen LogP contribution in [0.3, 0.4) is 0 Å². The molecule has 2 unspecified atom stereocenters. The number of fused-ring (bicyclic) bond motifs is 1. The van der Waals surface area contributed by atoms with Gasteiger partial charge in [-0.05, 0) is 30.7 Å². The molecule has 3 rings (SSSR count). The highest BCUT2D eigenvalue weighted by atomic mass is 16.4. The van der Waals surface area contributed by atoms with Gasteiger partial charge in [0.25, 0.3) is 11.5 Å². The summed E-state index contributed by atoms with van der Waals surface area (Å²) in [6.07, 6.45) is 4.05. The van der Waals surface area contributed by atoms with E-state index in [1.54, 1.807) is 12.1 Å². The van der Waals surface area contributed by atoms with Crippen molar-refractivity contribution < 1.29 is 24.6 Å². The predicted molar refractivity (Wildman–Crippen MR) is 145 cm³/mol. The van der Waals surface area contributed by atoms with Crippen molar-refractivity contribution in [3.8, 4) is 0 Å². The maximum atomic E-state index is 12.8. The van der Waals surface area contributed by atoms with Crippen molar-refractivity contribution in [2.45, 2.75) is 63.6 Å². The minimum absolute atomic E-state index is 0.0435. The number of benzene rings is 1. The first-order valence-electron chi connectivity index (χ1n) is 12.6. The van der Waals surface area contributed by atoms with Crippen LogP contribution in [-0.4, -0.2) is 59.6 Å². The van der Waals surface area contributed by atoms with E-state index in [9.17, 15) is 29.4 Å². The van der Waals surface area contributed by atoms with Gasteiger partial charge in [0.2, 0.25) is 5.95 Å². The summed E-state index contributed by atoms with van der Waals surface area (Å²) < 4.78 is 0. The van der Waals surface area contributed by atoms with Crippen molar-refractivity contribution in [3.05, 3.63) is 52.1 Å². The van der Waals surface area contributed by atoms with E-state index in [2.05, 4.69) is 30.6 Å². The Bertz CT molecular complexity index is 1410. The number of hydrogen-bond acceptors (Lipinski definition) is 10. The molecule has 1 amide bonds. The second-order valence-electron chi connectivity index (χ2n) is 9.31. The second-order valence-corrected chi connectivity index (χ2v) is 9.31. The maximum absolute atomic E-state index is 12.8. The van der Waals surface area contributed by atoms with E-state index in [0.29, 0.717) is 17.8 Å². The number of aromatic amines is 1. The quantitative estimate of drug-likeness (QED) is 0.103. The Morgan fingerprint density at radius 3 is 2.48 bits per heavy atom. The van der Waals surface area contributed by atoms with Crippen LogP contribution in [0.5, 0.6) is 0 Å². The Kier molecular flexibility index (Phi) is 10.1. The van der Waals surface area contributed by atoms with Gasteiger partial charge in [-0.1, -0.05) is 32.6 Å². The lowest BCUT2D eigenvalue weighted by Gasteiger charge is -2.31. The Balaban J connectivity index is 1.64. The van der Waals surface area contributed by atoms with E-state index in [4.69, 9.17) is 11.6 Å². The Morgan fingerprint density at radius 2 is 1.85 bits per heavy atom. The van der Waals surface area contributed by atoms with Crippen molar-refractivity contribution in [3.63, 3.8) is 0 Å². The molecule has 0 saturated heterocycles. The molecule has 2 heterocycles. The van der Waals surface area contributed by atoms with Crippen LogP contribution in [0.15, 0.2) is 35.3 Å². The Hall–Kier alpha value is -4.63. The smallest absolute Gasteiger partial charge is 0.326 e. The molecular weight excluding hydrogens is 522 g/mol. The normalized spacial score (nSPS) is 13.3. The summed E-state index contributed by atoms with van der Waals surface area (Å²) in [5, 5.41) is 24.9. The summed E-state index contributed by atoms with van der Waals surface area (Å²) in [7, 11) is 0. The summed E-state index contributed by atoms with van der Waals surface area (Å²) in [4.78, 5) is 63.3. The molecule has 1 radical (unpaired) electrons. The lowest BCUT2D eigenvalue weighted by atomic mass is 9.85. The fourth-order valence-electron chi connectivity index (χ4n) is 4.10. The molecule has 213 valence electrons. The van der Waals surface area contributed by atoms with Crippen LogP contribution in [0.1, 0.15) is 61.5 Å². The van der Waals surface area contributed by atoms with Crippen molar-refractivity contribution in [2.75, 3.05) is 11.1 Å². The van der Waals surface area contributed by atoms with Gasteiger partial charge in [-0.15, -0.1) is 0 Å². The van der Waals surface area contributed by atoms with Gasteiger partial charge in [-0.25, -0.2) is 20.2 Å². The number of carbonyl (C=O) groups excluding carboxylic acids is 1. The van der Waals surface area contributed by atoms with Crippen LogP contribution >= 0.6 is 0 Å². The molecule has 0 bridgehead atoms. The zero-order chi connectivity index (χ0) is 29.3. The number of rotatable bonds is 15. The van der Waals surface area contributed by atoms with E-state index >= 15 is 0 Å². The zero-order valence-electron chi connectivity index (χ0n) is 21.9. The van der Waals surface area contributed by atoms with E-state index in [1.165, 1.54) is 18.3 Å². The number of nitrogen functional groups attached to an aromatic ring is 1. The molecule has 40 heavy (non-hydrogen) atoms. The maximum Gasteiger partial charge on any atom is 0.326 e. The molecule has 0 fully saturated rings. The van der Waals surface area contributed by atoms with Gasteiger partial charge >= 0.3 is 11.9 Å². The van der Waals surface area contributed by atoms with Gasteiger partial charge in [0.15, 0.2) is 11.2 Å². The van der Waals surface area contributed by atoms with E-state index in [1.807, 2.05) is 12.3 Å². The number of carboxylic acids is 2. The average Bonchev–Trinajstić information content (AvgIpc) is 2.93. The van der Waals surface area contributed by atoms with Gasteiger partial charge < -0.3 is 26.6 Å². The third-order valence-electron chi connectivity index (χ3n) is 6.37. The van der Waals surface area contributed by atoms with Crippen molar-refractivity contribution in [1.29, 1.82) is 0 Å². The van der Waals surface area contributed by atoms with E-state index < -0.39 is 41.4 Å².